The van der Waals surface area contributed by atoms with Crippen molar-refractivity contribution in [1.29, 1.82) is 0 Å². The van der Waals surface area contributed by atoms with Gasteiger partial charge < -0.3 is 19.4 Å². The van der Waals surface area contributed by atoms with Crippen molar-refractivity contribution in [2.45, 2.75) is 84.5 Å². The zero-order valence-corrected chi connectivity index (χ0v) is 26.5. The molecule has 2 aromatic carbocycles. The number of carboxylic acid groups (broad SMARTS) is 1. The van der Waals surface area contributed by atoms with E-state index >= 15 is 0 Å². The Hall–Kier alpha value is -3.71. The molecule has 0 bridgehead atoms. The van der Waals surface area contributed by atoms with Crippen LogP contribution in [0.15, 0.2) is 40.9 Å². The van der Waals surface area contributed by atoms with Crippen LogP contribution in [0, 0.1) is 25.3 Å². The molecule has 1 aromatic heterocycles. The van der Waals surface area contributed by atoms with Gasteiger partial charge in [-0.2, -0.15) is 13.2 Å². The molecule has 2 aliphatic carbocycles. The highest BCUT2D eigenvalue weighted by Gasteiger charge is 2.32. The summed E-state index contributed by atoms with van der Waals surface area (Å²) in [7, 11) is 0. The van der Waals surface area contributed by atoms with Crippen molar-refractivity contribution in [2.24, 2.45) is 11.8 Å². The minimum absolute atomic E-state index is 0. The molecule has 2 aliphatic rings. The zero-order chi connectivity index (χ0) is 31.4. The van der Waals surface area contributed by atoms with Crippen LogP contribution in [-0.4, -0.2) is 29.3 Å². The number of hydrogen-bond acceptors (Lipinski definition) is 5. The van der Waals surface area contributed by atoms with Crippen LogP contribution in [-0.2, 0) is 36.9 Å². The van der Waals surface area contributed by atoms with Gasteiger partial charge in [0.05, 0.1) is 18.2 Å². The van der Waals surface area contributed by atoms with E-state index in [4.69, 9.17) is 11.1 Å². The fourth-order valence-electron chi connectivity index (χ4n) is 6.68. The van der Waals surface area contributed by atoms with Gasteiger partial charge in [-0.15, -0.1) is 12.4 Å². The van der Waals surface area contributed by atoms with Gasteiger partial charge in [-0.1, -0.05) is 17.3 Å². The lowest BCUT2D eigenvalue weighted by Gasteiger charge is -2.35. The molecule has 5 rings (SSSR count). The Morgan fingerprint density at radius 3 is 2.29 bits per heavy atom. The van der Waals surface area contributed by atoms with E-state index in [1.807, 2.05) is 4.90 Å². The molecule has 0 aliphatic heterocycles. The maximum Gasteiger partial charge on any atom is 0.415 e. The molecule has 0 radical (unpaired) electrons. The number of nitrogens with zero attached hydrogens (tertiary/aromatic N) is 4. The Morgan fingerprint density at radius 1 is 1.02 bits per heavy atom. The van der Waals surface area contributed by atoms with Crippen LogP contribution >= 0.6 is 12.4 Å². The number of halogens is 4. The smallest absolute Gasteiger partial charge is 0.415 e. The van der Waals surface area contributed by atoms with Crippen molar-refractivity contribution in [2.75, 3.05) is 22.9 Å². The van der Waals surface area contributed by atoms with Crippen LogP contribution in [0.1, 0.15) is 79.0 Å². The maximum atomic E-state index is 13.7. The third-order valence-electron chi connectivity index (χ3n) is 9.04. The van der Waals surface area contributed by atoms with E-state index in [2.05, 4.69) is 34.0 Å². The average molecular weight is 645 g/mol. The van der Waals surface area contributed by atoms with E-state index < -0.39 is 17.7 Å². The monoisotopic (exact) mass is 644 g/mol. The van der Waals surface area contributed by atoms with Crippen LogP contribution in [0.4, 0.5) is 30.4 Å². The number of hydrogen-bond donors (Lipinski definition) is 1. The van der Waals surface area contributed by atoms with Crippen LogP contribution in [0.25, 0.3) is 4.85 Å². The summed E-state index contributed by atoms with van der Waals surface area (Å²) in [5.74, 6) is -0.138. The van der Waals surface area contributed by atoms with E-state index in [-0.39, 0.29) is 30.6 Å². The zero-order valence-electron chi connectivity index (χ0n) is 25.7. The highest BCUT2D eigenvalue weighted by Crippen LogP contribution is 2.37. The van der Waals surface area contributed by atoms with Gasteiger partial charge in [0.25, 0.3) is 0 Å². The Kier molecular flexibility index (Phi) is 11.1. The molecule has 1 saturated carbocycles. The molecular weight excluding hydrogens is 605 g/mol. The van der Waals surface area contributed by atoms with Gasteiger partial charge in [-0.05, 0) is 112 Å². The molecule has 3 aromatic rings. The average Bonchev–Trinajstić information content (AvgIpc) is 3.45. The lowest BCUT2D eigenvalue weighted by Crippen LogP contribution is -2.34. The number of aryl methyl sites for hydroxylation is 3. The minimum Gasteiger partial charge on any atom is -0.481 e. The number of benzene rings is 2. The van der Waals surface area contributed by atoms with Gasteiger partial charge in [0.2, 0.25) is 5.88 Å². The number of fused-ring (bicyclic) bond motifs is 1. The normalized spacial score (nSPS) is 18.0. The molecule has 45 heavy (non-hydrogen) atoms. The van der Waals surface area contributed by atoms with Crippen LogP contribution < -0.4 is 9.80 Å². The molecule has 0 saturated heterocycles. The molecule has 0 atom stereocenters. The third kappa shape index (κ3) is 8.31. The van der Waals surface area contributed by atoms with Crippen LogP contribution in [0.3, 0.4) is 0 Å². The Balaban J connectivity index is 0.00000461. The summed E-state index contributed by atoms with van der Waals surface area (Å²) in [6, 6.07) is 9.80. The van der Waals surface area contributed by atoms with Gasteiger partial charge in [0.1, 0.15) is 0 Å². The number of alkyl halides is 3. The van der Waals surface area contributed by atoms with Gasteiger partial charge in [0.15, 0.2) is 5.69 Å². The second-order valence-electron chi connectivity index (χ2n) is 12.2. The second-order valence-corrected chi connectivity index (χ2v) is 12.2. The first-order valence-electron chi connectivity index (χ1n) is 15.4. The third-order valence-corrected chi connectivity index (χ3v) is 9.04. The van der Waals surface area contributed by atoms with Crippen molar-refractivity contribution in [3.05, 3.63) is 81.3 Å². The summed E-state index contributed by atoms with van der Waals surface area (Å²) in [4.78, 5) is 19.1. The standard InChI is InChI=1S/C34H39F3N4O3.ClH/c1-4-40(19-23-9-11-25(12-10-23)33(42)43)31-17-27-8-6-5-7-26(27)16-28(31)21-41(32-13-22(2)39-44-32)20-24-14-29(34(35,36)37)18-30(15-24)38-3;/h13-18,23,25H,4-12,19-21H2,1-2H3,(H,42,43);1H. The molecule has 0 spiro atoms. The highest BCUT2D eigenvalue weighted by molar-refractivity contribution is 5.85. The molecular formula is C34H40ClF3N4O3. The molecule has 7 nitrogen and oxygen atoms in total. The Morgan fingerprint density at radius 2 is 1.71 bits per heavy atom. The quantitative estimate of drug-likeness (QED) is 0.222. The number of anilines is 2. The van der Waals surface area contributed by atoms with E-state index in [0.29, 0.717) is 42.4 Å². The maximum absolute atomic E-state index is 13.7. The predicted molar refractivity (Wildman–Crippen MR) is 170 cm³/mol. The molecule has 1 heterocycles. The fourth-order valence-corrected chi connectivity index (χ4v) is 6.68. The topological polar surface area (TPSA) is 74.2 Å². The lowest BCUT2D eigenvalue weighted by molar-refractivity contribution is -0.143. The first kappa shape index (κ1) is 34.2. The molecule has 0 amide bonds. The van der Waals surface area contributed by atoms with E-state index in [0.717, 1.165) is 75.0 Å². The van der Waals surface area contributed by atoms with Gasteiger partial charge in [0, 0.05) is 43.5 Å². The summed E-state index contributed by atoms with van der Waals surface area (Å²) >= 11 is 0. The summed E-state index contributed by atoms with van der Waals surface area (Å²) < 4.78 is 46.8. The Bertz CT molecular complexity index is 1530. The molecule has 11 heteroatoms. The van der Waals surface area contributed by atoms with E-state index in [9.17, 15) is 23.1 Å². The second kappa shape index (κ2) is 14.6. The molecule has 1 fully saturated rings. The summed E-state index contributed by atoms with van der Waals surface area (Å²) in [6.07, 6.45) is 2.81. The first-order chi connectivity index (χ1) is 21.0. The van der Waals surface area contributed by atoms with Gasteiger partial charge in [-0.25, -0.2) is 4.85 Å². The summed E-state index contributed by atoms with van der Waals surface area (Å²) in [6.45, 7) is 13.4. The molecule has 242 valence electrons. The van der Waals surface area contributed by atoms with Crippen LogP contribution in [0.2, 0.25) is 0 Å². The fraction of sp³-hybridized carbons (Fsp3) is 0.500. The van der Waals surface area contributed by atoms with Crippen molar-refractivity contribution >= 4 is 35.6 Å². The van der Waals surface area contributed by atoms with E-state index in [1.54, 1.807) is 13.0 Å². The van der Waals surface area contributed by atoms with Crippen LogP contribution in [0.5, 0.6) is 0 Å². The largest absolute Gasteiger partial charge is 0.481 e. The minimum atomic E-state index is -4.57. The highest BCUT2D eigenvalue weighted by atomic mass is 35.5. The van der Waals surface area contributed by atoms with Crippen molar-refractivity contribution < 1.29 is 27.6 Å². The Labute approximate surface area is 268 Å². The van der Waals surface area contributed by atoms with Gasteiger partial charge >= 0.3 is 12.1 Å². The van der Waals surface area contributed by atoms with E-state index in [1.165, 1.54) is 17.2 Å². The number of aromatic nitrogens is 1. The van der Waals surface area contributed by atoms with Crippen molar-refractivity contribution in [3.63, 3.8) is 0 Å². The number of carbonyl (C=O) groups is 1. The summed E-state index contributed by atoms with van der Waals surface area (Å²) in [5.41, 5.74) is 4.90. The number of aliphatic carboxylic acids is 1. The van der Waals surface area contributed by atoms with Crippen molar-refractivity contribution in [3.8, 4) is 0 Å². The lowest BCUT2D eigenvalue weighted by atomic mass is 9.81. The van der Waals surface area contributed by atoms with Gasteiger partial charge in [-0.3, -0.25) is 4.79 Å². The number of rotatable bonds is 10. The number of carboxylic acids is 1. The predicted octanol–water partition coefficient (Wildman–Crippen LogP) is 8.78. The molecule has 1 N–H and O–H groups in total. The first-order valence-corrected chi connectivity index (χ1v) is 15.4. The molecule has 0 unspecified atom stereocenters. The summed E-state index contributed by atoms with van der Waals surface area (Å²) in [5, 5.41) is 13.5. The SMILES string of the molecule is Cl.[C-]#[N+]c1cc(CN(Cc2cc3c(cc2N(CC)CC2CCC(C(=O)O)CC2)CCCC3)c2cc(C)no2)cc(C(F)(F)F)c1. The van der Waals surface area contributed by atoms with Crippen molar-refractivity contribution in [1.82, 2.24) is 5.16 Å².